The number of rotatable bonds is 3. The molecular formula is C20H20Cl2N4O2. The van der Waals surface area contributed by atoms with Crippen molar-refractivity contribution in [1.29, 1.82) is 5.41 Å². The van der Waals surface area contributed by atoms with E-state index in [0.29, 0.717) is 36.2 Å². The Balaban J connectivity index is 1.54. The van der Waals surface area contributed by atoms with Gasteiger partial charge in [0.1, 0.15) is 5.54 Å². The number of piperazine rings is 1. The number of carbonyl (C=O) groups is 2. The van der Waals surface area contributed by atoms with Gasteiger partial charge in [0.2, 0.25) is 5.91 Å². The van der Waals surface area contributed by atoms with Crippen molar-refractivity contribution in [3.63, 3.8) is 0 Å². The molecule has 1 aromatic carbocycles. The first-order valence-corrected chi connectivity index (χ1v) is 9.75. The fourth-order valence-corrected chi connectivity index (χ4v) is 3.18. The fraction of sp³-hybridized carbons (Fsp3) is 0.400. The summed E-state index contributed by atoms with van der Waals surface area (Å²) < 4.78 is 0. The van der Waals surface area contributed by atoms with Gasteiger partial charge in [-0.25, -0.2) is 4.79 Å². The van der Waals surface area contributed by atoms with E-state index in [2.05, 4.69) is 23.0 Å². The monoisotopic (exact) mass is 418 g/mol. The molecule has 0 radical (unpaired) electrons. The van der Waals surface area contributed by atoms with Crippen LogP contribution in [0, 0.1) is 17.3 Å². The van der Waals surface area contributed by atoms with Gasteiger partial charge >= 0.3 is 6.03 Å². The van der Waals surface area contributed by atoms with Gasteiger partial charge in [0.15, 0.2) is 0 Å². The van der Waals surface area contributed by atoms with E-state index in [4.69, 9.17) is 28.6 Å². The molecule has 146 valence electrons. The van der Waals surface area contributed by atoms with Crippen LogP contribution in [-0.4, -0.2) is 59.3 Å². The first kappa shape index (κ1) is 20.3. The van der Waals surface area contributed by atoms with E-state index in [0.717, 1.165) is 18.4 Å². The second-order valence-electron chi connectivity index (χ2n) is 6.81. The molecule has 2 aliphatic rings. The van der Waals surface area contributed by atoms with Crippen LogP contribution in [0.5, 0.6) is 0 Å². The lowest BCUT2D eigenvalue weighted by atomic mass is 10.2. The van der Waals surface area contributed by atoms with Crippen LogP contribution < -0.4 is 5.32 Å². The third kappa shape index (κ3) is 5.08. The Labute approximate surface area is 174 Å². The summed E-state index contributed by atoms with van der Waals surface area (Å²) in [6.45, 7) is 1.92. The molecule has 8 heteroatoms. The van der Waals surface area contributed by atoms with Crippen LogP contribution in [0.1, 0.15) is 24.8 Å². The Morgan fingerprint density at radius 2 is 1.82 bits per heavy atom. The van der Waals surface area contributed by atoms with Crippen molar-refractivity contribution in [2.75, 3.05) is 26.2 Å². The molecule has 1 aliphatic carbocycles. The Kier molecular flexibility index (Phi) is 6.31. The molecule has 0 bridgehead atoms. The smallest absolute Gasteiger partial charge is 0.318 e. The molecular weight excluding hydrogens is 399 g/mol. The van der Waals surface area contributed by atoms with Crippen LogP contribution in [0.2, 0.25) is 10.0 Å². The zero-order valence-corrected chi connectivity index (χ0v) is 16.7. The molecule has 0 atom stereocenters. The van der Waals surface area contributed by atoms with Crippen molar-refractivity contribution in [3.8, 4) is 11.8 Å². The topological polar surface area (TPSA) is 76.5 Å². The number of urea groups is 1. The summed E-state index contributed by atoms with van der Waals surface area (Å²) in [5, 5.41) is 10.8. The first-order chi connectivity index (χ1) is 13.4. The minimum atomic E-state index is -0.495. The van der Waals surface area contributed by atoms with Crippen molar-refractivity contribution in [2.24, 2.45) is 0 Å². The van der Waals surface area contributed by atoms with Crippen LogP contribution in [0.3, 0.4) is 0 Å². The fourth-order valence-electron chi connectivity index (χ4n) is 2.88. The van der Waals surface area contributed by atoms with Crippen molar-refractivity contribution in [2.45, 2.75) is 24.8 Å². The molecule has 1 saturated carbocycles. The number of hydrogen-bond donors (Lipinski definition) is 2. The van der Waals surface area contributed by atoms with Gasteiger partial charge < -0.3 is 15.1 Å². The number of nitrogens with zero attached hydrogens (tertiary/aromatic N) is 2. The van der Waals surface area contributed by atoms with Gasteiger partial charge in [-0.05, 0) is 43.0 Å². The number of hydrogen-bond acceptors (Lipinski definition) is 3. The second kappa shape index (κ2) is 8.70. The van der Waals surface area contributed by atoms with Crippen LogP contribution in [0.25, 0.3) is 0 Å². The van der Waals surface area contributed by atoms with E-state index in [1.165, 1.54) is 6.08 Å². The number of nitrogens with one attached hydrogen (secondary N) is 2. The molecule has 1 saturated heterocycles. The van der Waals surface area contributed by atoms with E-state index >= 15 is 0 Å². The van der Waals surface area contributed by atoms with Crippen molar-refractivity contribution >= 4 is 41.0 Å². The molecule has 3 rings (SSSR count). The van der Waals surface area contributed by atoms with E-state index in [1.807, 2.05) is 0 Å². The molecule has 0 aromatic heterocycles. The molecule has 6 nitrogen and oxygen atoms in total. The molecule has 1 heterocycles. The normalized spacial score (nSPS) is 17.1. The van der Waals surface area contributed by atoms with E-state index < -0.39 is 5.54 Å². The highest BCUT2D eigenvalue weighted by atomic mass is 35.5. The predicted molar refractivity (Wildman–Crippen MR) is 109 cm³/mol. The summed E-state index contributed by atoms with van der Waals surface area (Å²) in [5.41, 5.74) is 0.256. The molecule has 0 unspecified atom stereocenters. The number of benzene rings is 1. The maximum atomic E-state index is 12.6. The molecule has 28 heavy (non-hydrogen) atoms. The molecule has 3 amide bonds. The van der Waals surface area contributed by atoms with Gasteiger partial charge in [-0.3, -0.25) is 10.2 Å². The molecule has 2 N–H and O–H groups in total. The van der Waals surface area contributed by atoms with E-state index in [-0.39, 0.29) is 18.4 Å². The molecule has 1 aliphatic heterocycles. The lowest BCUT2D eigenvalue weighted by Crippen LogP contribution is -2.54. The zero-order chi connectivity index (χ0) is 20.1. The highest BCUT2D eigenvalue weighted by molar-refractivity contribution is 6.42. The summed E-state index contributed by atoms with van der Waals surface area (Å²) in [6.07, 6.45) is 3.18. The first-order valence-electron chi connectivity index (χ1n) is 8.99. The Hall–Kier alpha value is -2.45. The average molecular weight is 419 g/mol. The number of halogens is 2. The second-order valence-corrected chi connectivity index (χ2v) is 7.63. The number of carbonyl (C=O) groups excluding carboxylic acids is 2. The maximum absolute atomic E-state index is 12.6. The van der Waals surface area contributed by atoms with Gasteiger partial charge in [0.05, 0.1) is 16.5 Å². The summed E-state index contributed by atoms with van der Waals surface area (Å²) in [7, 11) is 0. The summed E-state index contributed by atoms with van der Waals surface area (Å²) in [4.78, 5) is 27.9. The SMILES string of the molecule is N=C=CCC(=O)N1CCN(C(=O)NC2(C#Cc3ccc(Cl)c(Cl)c3)CC2)CC1. The minimum Gasteiger partial charge on any atom is -0.339 e. The highest BCUT2D eigenvalue weighted by Gasteiger charge is 2.43. The summed E-state index contributed by atoms with van der Waals surface area (Å²) in [5.74, 6) is 8.26. The standard InChI is InChI=1S/C20H20Cl2N4O2/c21-16-4-3-15(14-17(16)22)5-6-20(7-8-20)24-19(28)26-12-10-25(11-13-26)18(27)2-1-9-23/h1,3-4,14,23H,2,7-8,10-13H2,(H,24,28). The third-order valence-corrected chi connectivity index (χ3v) is 5.50. The zero-order valence-electron chi connectivity index (χ0n) is 15.2. The summed E-state index contributed by atoms with van der Waals surface area (Å²) >= 11 is 11.9. The van der Waals surface area contributed by atoms with Crippen molar-refractivity contribution in [1.82, 2.24) is 15.1 Å². The predicted octanol–water partition coefficient (Wildman–Crippen LogP) is 2.93. The van der Waals surface area contributed by atoms with Crippen LogP contribution in [0.4, 0.5) is 4.79 Å². The Morgan fingerprint density at radius 3 is 2.43 bits per heavy atom. The average Bonchev–Trinajstić information content (AvgIpc) is 3.46. The van der Waals surface area contributed by atoms with Crippen LogP contribution in [-0.2, 0) is 4.79 Å². The molecule has 2 fully saturated rings. The summed E-state index contributed by atoms with van der Waals surface area (Å²) in [6, 6.07) is 5.04. The largest absolute Gasteiger partial charge is 0.339 e. The van der Waals surface area contributed by atoms with Gasteiger partial charge in [-0.2, -0.15) is 0 Å². The van der Waals surface area contributed by atoms with Gasteiger partial charge in [0, 0.05) is 31.7 Å². The van der Waals surface area contributed by atoms with Crippen LogP contribution in [0.15, 0.2) is 24.3 Å². The van der Waals surface area contributed by atoms with Gasteiger partial charge in [0.25, 0.3) is 0 Å². The van der Waals surface area contributed by atoms with E-state index in [9.17, 15) is 9.59 Å². The Bertz CT molecular complexity index is 887. The third-order valence-electron chi connectivity index (χ3n) is 4.76. The van der Waals surface area contributed by atoms with Crippen molar-refractivity contribution < 1.29 is 9.59 Å². The van der Waals surface area contributed by atoms with E-state index in [1.54, 1.807) is 28.0 Å². The lowest BCUT2D eigenvalue weighted by molar-refractivity contribution is -0.131. The van der Waals surface area contributed by atoms with Gasteiger partial charge in [-0.1, -0.05) is 35.0 Å². The number of amides is 3. The maximum Gasteiger partial charge on any atom is 0.318 e. The molecule has 0 spiro atoms. The van der Waals surface area contributed by atoms with Crippen LogP contribution >= 0.6 is 23.2 Å². The minimum absolute atomic E-state index is 0.0500. The lowest BCUT2D eigenvalue weighted by Gasteiger charge is -2.35. The van der Waals surface area contributed by atoms with Crippen molar-refractivity contribution in [3.05, 3.63) is 39.9 Å². The van der Waals surface area contributed by atoms with Gasteiger partial charge in [-0.15, -0.1) is 0 Å². The quantitative estimate of drug-likeness (QED) is 0.584. The highest BCUT2D eigenvalue weighted by Crippen LogP contribution is 2.35. The Morgan fingerprint density at radius 1 is 1.14 bits per heavy atom. The molecule has 1 aromatic rings.